The van der Waals surface area contributed by atoms with Crippen LogP contribution in [-0.4, -0.2) is 41.2 Å². The van der Waals surface area contributed by atoms with Crippen LogP contribution in [0.15, 0.2) is 28.7 Å². The summed E-state index contributed by atoms with van der Waals surface area (Å²) < 4.78 is 46.1. The highest BCUT2D eigenvalue weighted by molar-refractivity contribution is 5.94. The van der Waals surface area contributed by atoms with Gasteiger partial charge in [0, 0.05) is 18.7 Å². The molecule has 1 aromatic carbocycles. The Morgan fingerprint density at radius 2 is 2.00 bits per heavy atom. The number of rotatable bonds is 5. The van der Waals surface area contributed by atoms with Crippen molar-refractivity contribution in [2.75, 3.05) is 13.1 Å². The van der Waals surface area contributed by atoms with Crippen LogP contribution >= 0.6 is 0 Å². The number of ether oxygens (including phenoxy) is 1. The fraction of sp³-hybridized carbons (Fsp3) is 0.389. The molecular formula is C18H18F3N3O4. The second kappa shape index (κ2) is 7.91. The van der Waals surface area contributed by atoms with Gasteiger partial charge in [-0.3, -0.25) is 9.59 Å². The van der Waals surface area contributed by atoms with Crippen LogP contribution in [0, 0.1) is 6.92 Å². The average Bonchev–Trinajstić information content (AvgIpc) is 3.27. The largest absolute Gasteiger partial charge is 0.573 e. The number of oxazole rings is 1. The van der Waals surface area contributed by atoms with Crippen molar-refractivity contribution in [3.63, 3.8) is 0 Å². The van der Waals surface area contributed by atoms with Crippen molar-refractivity contribution >= 4 is 11.8 Å². The van der Waals surface area contributed by atoms with Crippen molar-refractivity contribution in [3.8, 4) is 5.75 Å². The van der Waals surface area contributed by atoms with E-state index in [9.17, 15) is 22.8 Å². The monoisotopic (exact) mass is 397 g/mol. The third kappa shape index (κ3) is 4.81. The lowest BCUT2D eigenvalue weighted by Gasteiger charge is -2.13. The van der Waals surface area contributed by atoms with Gasteiger partial charge in [-0.2, -0.15) is 0 Å². The molecule has 0 unspecified atom stereocenters. The molecule has 2 amide bonds. The molecule has 1 aromatic heterocycles. The van der Waals surface area contributed by atoms with Gasteiger partial charge in [0.05, 0.1) is 6.54 Å². The molecule has 1 fully saturated rings. The van der Waals surface area contributed by atoms with Crippen LogP contribution in [0.1, 0.15) is 45.3 Å². The molecule has 0 bridgehead atoms. The van der Waals surface area contributed by atoms with E-state index >= 15 is 0 Å². The van der Waals surface area contributed by atoms with Gasteiger partial charge in [0.25, 0.3) is 11.8 Å². The van der Waals surface area contributed by atoms with Gasteiger partial charge in [-0.1, -0.05) is 6.07 Å². The van der Waals surface area contributed by atoms with E-state index in [4.69, 9.17) is 4.42 Å². The summed E-state index contributed by atoms with van der Waals surface area (Å²) in [4.78, 5) is 30.4. The minimum atomic E-state index is -4.84. The van der Waals surface area contributed by atoms with Crippen LogP contribution in [0.25, 0.3) is 0 Å². The van der Waals surface area contributed by atoms with E-state index in [0.29, 0.717) is 18.8 Å². The first-order valence-corrected chi connectivity index (χ1v) is 8.62. The van der Waals surface area contributed by atoms with Crippen molar-refractivity contribution in [1.82, 2.24) is 15.2 Å². The summed E-state index contributed by atoms with van der Waals surface area (Å²) in [5, 5.41) is 2.50. The maximum atomic E-state index is 12.4. The molecule has 1 N–H and O–H groups in total. The Morgan fingerprint density at radius 1 is 1.29 bits per heavy atom. The number of carbonyl (C=O) groups is 2. The highest BCUT2D eigenvalue weighted by Gasteiger charge is 2.31. The van der Waals surface area contributed by atoms with E-state index in [0.717, 1.165) is 25.0 Å². The Kier molecular flexibility index (Phi) is 5.57. The number of nitrogens with zero attached hydrogens (tertiary/aromatic N) is 2. The molecule has 0 saturated carbocycles. The third-order valence-corrected chi connectivity index (χ3v) is 4.17. The van der Waals surface area contributed by atoms with Gasteiger partial charge in [0.15, 0.2) is 5.69 Å². The number of carbonyl (C=O) groups excluding carboxylic acids is 2. The van der Waals surface area contributed by atoms with Gasteiger partial charge < -0.3 is 19.4 Å². The Morgan fingerprint density at radius 3 is 2.68 bits per heavy atom. The second-order valence-corrected chi connectivity index (χ2v) is 6.27. The molecule has 10 heteroatoms. The van der Waals surface area contributed by atoms with Crippen LogP contribution in [0.3, 0.4) is 0 Å². The predicted octanol–water partition coefficient (Wildman–Crippen LogP) is 3.05. The van der Waals surface area contributed by atoms with Crippen molar-refractivity contribution in [3.05, 3.63) is 47.2 Å². The summed E-state index contributed by atoms with van der Waals surface area (Å²) in [6.07, 6.45) is -2.95. The Balaban J connectivity index is 1.63. The van der Waals surface area contributed by atoms with Crippen LogP contribution in [-0.2, 0) is 6.54 Å². The topological polar surface area (TPSA) is 84.7 Å². The third-order valence-electron chi connectivity index (χ3n) is 4.17. The van der Waals surface area contributed by atoms with Gasteiger partial charge >= 0.3 is 6.36 Å². The fourth-order valence-corrected chi connectivity index (χ4v) is 2.89. The number of benzene rings is 1. The van der Waals surface area contributed by atoms with E-state index in [1.165, 1.54) is 12.1 Å². The maximum Gasteiger partial charge on any atom is 0.573 e. The number of hydrogen-bond donors (Lipinski definition) is 1. The number of hydrogen-bond acceptors (Lipinski definition) is 5. The maximum absolute atomic E-state index is 12.4. The quantitative estimate of drug-likeness (QED) is 0.838. The summed E-state index contributed by atoms with van der Waals surface area (Å²) in [5.41, 5.74) is 0.185. The number of nitrogens with one attached hydrogen (secondary N) is 1. The summed E-state index contributed by atoms with van der Waals surface area (Å²) in [6.45, 7) is 2.85. The smallest absolute Gasteiger partial charge is 0.443 e. The summed E-state index contributed by atoms with van der Waals surface area (Å²) in [5.74, 6) is -0.854. The zero-order valence-corrected chi connectivity index (χ0v) is 15.0. The first-order chi connectivity index (χ1) is 13.2. The molecule has 150 valence electrons. The first-order valence-electron chi connectivity index (χ1n) is 8.62. The SMILES string of the molecule is Cc1oc(CNC(=O)c2cccc(OC(F)(F)F)c2)nc1C(=O)N1CCCC1. The molecule has 3 rings (SSSR count). The van der Waals surface area contributed by atoms with Gasteiger partial charge in [-0.25, -0.2) is 4.98 Å². The van der Waals surface area contributed by atoms with Crippen LogP contribution in [0.4, 0.5) is 13.2 Å². The highest BCUT2D eigenvalue weighted by Crippen LogP contribution is 2.23. The molecular weight excluding hydrogens is 379 g/mol. The molecule has 2 heterocycles. The molecule has 28 heavy (non-hydrogen) atoms. The molecule has 0 spiro atoms. The molecule has 1 saturated heterocycles. The predicted molar refractivity (Wildman–Crippen MR) is 90.7 cm³/mol. The fourth-order valence-electron chi connectivity index (χ4n) is 2.89. The standard InChI is InChI=1S/C18H18F3N3O4/c1-11-15(17(26)24-7-2-3-8-24)23-14(27-11)10-22-16(25)12-5-4-6-13(9-12)28-18(19,20)21/h4-6,9H,2-3,7-8,10H2,1H3,(H,22,25). The first kappa shape index (κ1) is 19.7. The van der Waals surface area contributed by atoms with E-state index < -0.39 is 18.0 Å². The minimum Gasteiger partial charge on any atom is -0.443 e. The summed E-state index contributed by atoms with van der Waals surface area (Å²) in [6, 6.07) is 4.70. The van der Waals surface area contributed by atoms with Crippen LogP contribution in [0.5, 0.6) is 5.75 Å². The van der Waals surface area contributed by atoms with E-state index in [1.807, 2.05) is 0 Å². The normalized spacial score (nSPS) is 14.2. The number of aromatic nitrogens is 1. The number of likely N-dealkylation sites (tertiary alicyclic amines) is 1. The lowest BCUT2D eigenvalue weighted by molar-refractivity contribution is -0.274. The number of amides is 2. The van der Waals surface area contributed by atoms with Crippen LogP contribution < -0.4 is 10.1 Å². The van der Waals surface area contributed by atoms with Crippen LogP contribution in [0.2, 0.25) is 0 Å². The second-order valence-electron chi connectivity index (χ2n) is 6.27. The zero-order valence-electron chi connectivity index (χ0n) is 15.0. The molecule has 1 aliphatic rings. The van der Waals surface area contributed by atoms with E-state index in [1.54, 1.807) is 11.8 Å². The molecule has 1 aliphatic heterocycles. The zero-order chi connectivity index (χ0) is 20.3. The molecule has 0 radical (unpaired) electrons. The van der Waals surface area contributed by atoms with Gasteiger partial charge in [0.1, 0.15) is 11.5 Å². The van der Waals surface area contributed by atoms with E-state index in [-0.39, 0.29) is 29.6 Å². The van der Waals surface area contributed by atoms with Crippen molar-refractivity contribution < 1.29 is 31.9 Å². The van der Waals surface area contributed by atoms with Crippen molar-refractivity contribution in [2.45, 2.75) is 32.7 Å². The molecule has 0 atom stereocenters. The lowest BCUT2D eigenvalue weighted by Crippen LogP contribution is -2.28. The van der Waals surface area contributed by atoms with Crippen molar-refractivity contribution in [2.24, 2.45) is 0 Å². The Bertz CT molecular complexity index is 873. The van der Waals surface area contributed by atoms with Gasteiger partial charge in [-0.05, 0) is 38.0 Å². The average molecular weight is 397 g/mol. The molecule has 0 aliphatic carbocycles. The number of alkyl halides is 3. The highest BCUT2D eigenvalue weighted by atomic mass is 19.4. The number of aryl methyl sites for hydroxylation is 1. The summed E-state index contributed by atoms with van der Waals surface area (Å²) >= 11 is 0. The number of halogens is 3. The van der Waals surface area contributed by atoms with Gasteiger partial charge in [-0.15, -0.1) is 13.2 Å². The van der Waals surface area contributed by atoms with Crippen molar-refractivity contribution in [1.29, 1.82) is 0 Å². The Hall–Kier alpha value is -3.04. The van der Waals surface area contributed by atoms with E-state index in [2.05, 4.69) is 15.0 Å². The lowest BCUT2D eigenvalue weighted by atomic mass is 10.2. The minimum absolute atomic E-state index is 0.0154. The Labute approximate surface area is 158 Å². The molecule has 2 aromatic rings. The summed E-state index contributed by atoms with van der Waals surface area (Å²) in [7, 11) is 0. The van der Waals surface area contributed by atoms with Gasteiger partial charge in [0.2, 0.25) is 5.89 Å². The molecule has 7 nitrogen and oxygen atoms in total.